The molecule has 0 radical (unpaired) electrons. The molecule has 2 heteroatoms. The first kappa shape index (κ1) is 9.85. The van der Waals surface area contributed by atoms with Gasteiger partial charge in [0.25, 0.3) is 0 Å². The summed E-state index contributed by atoms with van der Waals surface area (Å²) in [5, 5.41) is 5.69. The normalized spacial score (nSPS) is 38.5. The van der Waals surface area contributed by atoms with E-state index in [0.717, 1.165) is 22.5 Å². The molecule has 0 aromatic rings. The molecule has 0 saturated carbocycles. The van der Waals surface area contributed by atoms with E-state index in [-0.39, 0.29) is 0 Å². The van der Waals surface area contributed by atoms with Gasteiger partial charge in [-0.3, -0.25) is 0 Å². The van der Waals surface area contributed by atoms with Crippen LogP contribution in [0.25, 0.3) is 0 Å². The Hall–Kier alpha value is 0.310. The van der Waals surface area contributed by atoms with Crippen molar-refractivity contribution in [2.45, 2.75) is 56.1 Å². The number of hydrogen-bond donors (Lipinski definition) is 1. The van der Waals surface area contributed by atoms with Crippen LogP contribution < -0.4 is 5.32 Å². The lowest BCUT2D eigenvalue weighted by molar-refractivity contribution is 0.422. The zero-order valence-electron chi connectivity index (χ0n) is 8.75. The molecule has 1 N–H and O–H groups in total. The average Bonchev–Trinajstić information content (AvgIpc) is 2.42. The molecular weight excluding hydrogens is 178 g/mol. The van der Waals surface area contributed by atoms with Crippen molar-refractivity contribution in [3.05, 3.63) is 0 Å². The quantitative estimate of drug-likeness (QED) is 0.750. The van der Waals surface area contributed by atoms with Crippen molar-refractivity contribution in [1.82, 2.24) is 5.32 Å². The third kappa shape index (κ3) is 2.63. The molecule has 2 fully saturated rings. The Morgan fingerprint density at radius 3 is 2.38 bits per heavy atom. The van der Waals surface area contributed by atoms with Gasteiger partial charge in [0.2, 0.25) is 0 Å². The lowest BCUT2D eigenvalue weighted by Crippen LogP contribution is -2.37. The monoisotopic (exact) mass is 199 g/mol. The van der Waals surface area contributed by atoms with Crippen molar-refractivity contribution in [3.8, 4) is 0 Å². The Balaban J connectivity index is 1.75. The molecule has 2 bridgehead atoms. The van der Waals surface area contributed by atoms with Crippen molar-refractivity contribution in [2.24, 2.45) is 5.92 Å². The number of fused-ring (bicyclic) bond motifs is 2. The van der Waals surface area contributed by atoms with Crippen LogP contribution in [0.2, 0.25) is 0 Å². The summed E-state index contributed by atoms with van der Waals surface area (Å²) in [6.45, 7) is 5.78. The van der Waals surface area contributed by atoms with E-state index in [1.54, 1.807) is 0 Å². The standard InChI is InChI=1S/C11H21NS/c1-8(2)7-12-9-5-10-3-4-11(6-9)13-10/h8-12H,3-7H2,1-2H3. The van der Waals surface area contributed by atoms with Gasteiger partial charge in [-0.1, -0.05) is 13.8 Å². The molecule has 0 aromatic heterocycles. The van der Waals surface area contributed by atoms with Crippen molar-refractivity contribution in [2.75, 3.05) is 6.54 Å². The van der Waals surface area contributed by atoms with Gasteiger partial charge in [0.05, 0.1) is 0 Å². The van der Waals surface area contributed by atoms with Crippen LogP contribution in [0.4, 0.5) is 0 Å². The molecule has 2 saturated heterocycles. The van der Waals surface area contributed by atoms with Crippen LogP contribution in [0.1, 0.15) is 39.5 Å². The smallest absolute Gasteiger partial charge is 0.00882 e. The summed E-state index contributed by atoms with van der Waals surface area (Å²) in [6, 6.07) is 0.834. The lowest BCUT2D eigenvalue weighted by Gasteiger charge is -2.28. The van der Waals surface area contributed by atoms with Crippen LogP contribution >= 0.6 is 11.8 Å². The fourth-order valence-corrected chi connectivity index (χ4v) is 4.20. The number of hydrogen-bond acceptors (Lipinski definition) is 2. The summed E-state index contributed by atoms with van der Waals surface area (Å²) in [5.41, 5.74) is 0. The molecule has 2 aliphatic heterocycles. The van der Waals surface area contributed by atoms with E-state index in [9.17, 15) is 0 Å². The van der Waals surface area contributed by atoms with E-state index < -0.39 is 0 Å². The molecule has 76 valence electrons. The maximum atomic E-state index is 3.71. The second-order valence-corrected chi connectivity index (χ2v) is 6.53. The molecular formula is C11H21NS. The zero-order valence-corrected chi connectivity index (χ0v) is 9.57. The largest absolute Gasteiger partial charge is 0.314 e. The average molecular weight is 199 g/mol. The van der Waals surface area contributed by atoms with E-state index in [4.69, 9.17) is 0 Å². The number of nitrogens with one attached hydrogen (secondary N) is 1. The molecule has 2 atom stereocenters. The van der Waals surface area contributed by atoms with Crippen molar-refractivity contribution < 1.29 is 0 Å². The molecule has 2 heterocycles. The van der Waals surface area contributed by atoms with Gasteiger partial charge in [0.1, 0.15) is 0 Å². The summed E-state index contributed by atoms with van der Waals surface area (Å²) >= 11 is 2.25. The predicted octanol–water partition coefficient (Wildman–Crippen LogP) is 2.66. The SMILES string of the molecule is CC(C)CNC1CC2CCC(C1)S2. The van der Waals surface area contributed by atoms with E-state index in [0.29, 0.717) is 0 Å². The van der Waals surface area contributed by atoms with Gasteiger partial charge in [-0.15, -0.1) is 0 Å². The van der Waals surface area contributed by atoms with Crippen LogP contribution in [-0.2, 0) is 0 Å². The fraction of sp³-hybridized carbons (Fsp3) is 1.00. The second-order valence-electron chi connectivity index (χ2n) is 4.93. The van der Waals surface area contributed by atoms with E-state index in [1.165, 1.54) is 32.2 Å². The van der Waals surface area contributed by atoms with Gasteiger partial charge in [-0.25, -0.2) is 0 Å². The molecule has 2 unspecified atom stereocenters. The van der Waals surface area contributed by atoms with Crippen LogP contribution in [0.3, 0.4) is 0 Å². The third-order valence-electron chi connectivity index (χ3n) is 3.11. The Labute approximate surface area is 86.0 Å². The van der Waals surface area contributed by atoms with Crippen LogP contribution in [0.15, 0.2) is 0 Å². The summed E-state index contributed by atoms with van der Waals surface area (Å²) in [6.07, 6.45) is 5.81. The summed E-state index contributed by atoms with van der Waals surface area (Å²) < 4.78 is 0. The molecule has 2 rings (SSSR count). The fourth-order valence-electron chi connectivity index (χ4n) is 2.43. The number of rotatable bonds is 3. The number of thioether (sulfide) groups is 1. The van der Waals surface area contributed by atoms with Gasteiger partial charge < -0.3 is 5.32 Å². The van der Waals surface area contributed by atoms with Gasteiger partial charge in [0, 0.05) is 16.5 Å². The minimum atomic E-state index is 0.798. The van der Waals surface area contributed by atoms with Crippen molar-refractivity contribution in [1.29, 1.82) is 0 Å². The topological polar surface area (TPSA) is 12.0 Å². The highest BCUT2D eigenvalue weighted by Crippen LogP contribution is 2.43. The zero-order chi connectivity index (χ0) is 9.26. The molecule has 0 amide bonds. The third-order valence-corrected chi connectivity index (χ3v) is 4.73. The maximum absolute atomic E-state index is 3.71. The molecule has 0 spiro atoms. The highest BCUT2D eigenvalue weighted by molar-refractivity contribution is 8.00. The summed E-state index contributed by atoms with van der Waals surface area (Å²) in [5.74, 6) is 0.798. The van der Waals surface area contributed by atoms with Crippen molar-refractivity contribution in [3.63, 3.8) is 0 Å². The molecule has 1 nitrogen and oxygen atoms in total. The highest BCUT2D eigenvalue weighted by atomic mass is 32.2. The highest BCUT2D eigenvalue weighted by Gasteiger charge is 2.34. The predicted molar refractivity (Wildman–Crippen MR) is 60.3 cm³/mol. The van der Waals surface area contributed by atoms with Crippen LogP contribution in [0.5, 0.6) is 0 Å². The Bertz CT molecular complexity index is 157. The Morgan fingerprint density at radius 2 is 1.85 bits per heavy atom. The van der Waals surface area contributed by atoms with Gasteiger partial charge >= 0.3 is 0 Å². The minimum absolute atomic E-state index is 0.798. The lowest BCUT2D eigenvalue weighted by atomic mass is 10.1. The van der Waals surface area contributed by atoms with E-state index in [2.05, 4.69) is 30.9 Å². The molecule has 0 aromatic carbocycles. The summed E-state index contributed by atoms with van der Waals surface area (Å²) in [4.78, 5) is 0. The first-order valence-electron chi connectivity index (χ1n) is 5.63. The molecule has 13 heavy (non-hydrogen) atoms. The van der Waals surface area contributed by atoms with Crippen molar-refractivity contribution >= 4 is 11.8 Å². The van der Waals surface area contributed by atoms with Gasteiger partial charge in [-0.2, -0.15) is 11.8 Å². The minimum Gasteiger partial charge on any atom is -0.314 e. The Morgan fingerprint density at radius 1 is 1.23 bits per heavy atom. The van der Waals surface area contributed by atoms with E-state index in [1.807, 2.05) is 0 Å². The Kier molecular flexibility index (Phi) is 3.20. The maximum Gasteiger partial charge on any atom is 0.00882 e. The van der Waals surface area contributed by atoms with Gasteiger partial charge in [-0.05, 0) is 38.1 Å². The second kappa shape index (κ2) is 4.22. The van der Waals surface area contributed by atoms with Crippen LogP contribution in [-0.4, -0.2) is 23.1 Å². The van der Waals surface area contributed by atoms with Crippen LogP contribution in [0, 0.1) is 5.92 Å². The molecule has 0 aliphatic carbocycles. The first-order valence-corrected chi connectivity index (χ1v) is 6.57. The van der Waals surface area contributed by atoms with Gasteiger partial charge in [0.15, 0.2) is 0 Å². The summed E-state index contributed by atoms with van der Waals surface area (Å²) in [7, 11) is 0. The van der Waals surface area contributed by atoms with E-state index >= 15 is 0 Å². The first-order chi connectivity index (χ1) is 6.24. The molecule has 2 aliphatic rings.